The van der Waals surface area contributed by atoms with Crippen LogP contribution in [-0.4, -0.2) is 29.9 Å². The average Bonchev–Trinajstić information content (AvgIpc) is 1.86. The molecule has 64 valence electrons. The number of esters is 1. The van der Waals surface area contributed by atoms with Crippen LogP contribution < -0.4 is 11.5 Å². The van der Waals surface area contributed by atoms with Crippen LogP contribution in [0.15, 0.2) is 4.99 Å². The first-order valence-corrected chi connectivity index (χ1v) is 3.01. The summed E-state index contributed by atoms with van der Waals surface area (Å²) in [6, 6.07) is 0. The predicted molar refractivity (Wildman–Crippen MR) is 38.4 cm³/mol. The molecule has 6 nitrogen and oxygen atoms in total. The molecule has 0 amide bonds. The third kappa shape index (κ3) is 4.15. The van der Waals surface area contributed by atoms with Gasteiger partial charge in [-0.05, 0) is 6.92 Å². The Kier molecular flexibility index (Phi) is 3.97. The summed E-state index contributed by atoms with van der Waals surface area (Å²) < 4.78 is 4.40. The quantitative estimate of drug-likeness (QED) is 0.255. The van der Waals surface area contributed by atoms with E-state index in [1.807, 2.05) is 0 Å². The standard InChI is InChI=1S/C5H11N3O3/c1-2-11-4(10)3(9)8-5(6)7/h3,9H,2H2,1H3,(H4,6,7,8). The summed E-state index contributed by atoms with van der Waals surface area (Å²) in [5, 5.41) is 8.80. The van der Waals surface area contributed by atoms with Crippen LogP contribution >= 0.6 is 0 Å². The Balaban J connectivity index is 3.93. The topological polar surface area (TPSA) is 111 Å². The molecular formula is C5H11N3O3. The second-order valence-electron chi connectivity index (χ2n) is 1.68. The summed E-state index contributed by atoms with van der Waals surface area (Å²) in [6.45, 7) is 1.79. The van der Waals surface area contributed by atoms with Gasteiger partial charge in [-0.25, -0.2) is 9.79 Å². The van der Waals surface area contributed by atoms with Gasteiger partial charge in [0.05, 0.1) is 6.61 Å². The number of hydrogen-bond donors (Lipinski definition) is 3. The fourth-order valence-electron chi connectivity index (χ4n) is 0.411. The number of nitrogens with two attached hydrogens (primary N) is 2. The molecule has 0 heterocycles. The minimum atomic E-state index is -1.61. The predicted octanol–water partition coefficient (Wildman–Crippen LogP) is -1.86. The third-order valence-electron chi connectivity index (χ3n) is 0.769. The molecule has 1 unspecified atom stereocenters. The Morgan fingerprint density at radius 3 is 2.64 bits per heavy atom. The molecule has 0 aromatic heterocycles. The molecule has 0 bridgehead atoms. The molecule has 0 aliphatic rings. The molecule has 0 fully saturated rings. The zero-order chi connectivity index (χ0) is 8.85. The van der Waals surface area contributed by atoms with E-state index in [1.54, 1.807) is 6.92 Å². The van der Waals surface area contributed by atoms with Gasteiger partial charge in [-0.15, -0.1) is 0 Å². The maximum Gasteiger partial charge on any atom is 0.358 e. The number of guanidine groups is 1. The van der Waals surface area contributed by atoms with E-state index in [2.05, 4.69) is 9.73 Å². The highest BCUT2D eigenvalue weighted by atomic mass is 16.5. The van der Waals surface area contributed by atoms with Crippen molar-refractivity contribution in [3.63, 3.8) is 0 Å². The molecule has 0 radical (unpaired) electrons. The van der Waals surface area contributed by atoms with Gasteiger partial charge in [-0.1, -0.05) is 0 Å². The number of carbonyl (C=O) groups is 1. The number of rotatable bonds is 3. The molecular weight excluding hydrogens is 150 g/mol. The zero-order valence-electron chi connectivity index (χ0n) is 6.15. The molecule has 0 aliphatic heterocycles. The van der Waals surface area contributed by atoms with Crippen LogP contribution in [0.3, 0.4) is 0 Å². The Morgan fingerprint density at radius 2 is 2.27 bits per heavy atom. The van der Waals surface area contributed by atoms with E-state index in [4.69, 9.17) is 16.6 Å². The molecule has 6 heteroatoms. The molecule has 0 aromatic carbocycles. The molecule has 0 saturated carbocycles. The highest BCUT2D eigenvalue weighted by Crippen LogP contribution is 1.88. The summed E-state index contributed by atoms with van der Waals surface area (Å²) in [4.78, 5) is 13.7. The van der Waals surface area contributed by atoms with Crippen LogP contribution in [0, 0.1) is 0 Å². The van der Waals surface area contributed by atoms with Crippen molar-refractivity contribution >= 4 is 11.9 Å². The van der Waals surface area contributed by atoms with Crippen LogP contribution in [0.4, 0.5) is 0 Å². The molecule has 0 aromatic rings. The molecule has 11 heavy (non-hydrogen) atoms. The van der Waals surface area contributed by atoms with Crippen LogP contribution in [-0.2, 0) is 9.53 Å². The minimum Gasteiger partial charge on any atom is -0.463 e. The normalized spacial score (nSPS) is 11.8. The van der Waals surface area contributed by atoms with E-state index in [0.717, 1.165) is 0 Å². The summed E-state index contributed by atoms with van der Waals surface area (Å²) in [5.41, 5.74) is 9.77. The molecule has 0 aliphatic carbocycles. The highest BCUT2D eigenvalue weighted by molar-refractivity contribution is 5.81. The molecule has 0 rings (SSSR count). The number of carbonyl (C=O) groups excluding carboxylic acids is 1. The van der Waals surface area contributed by atoms with Gasteiger partial charge in [0.2, 0.25) is 6.23 Å². The van der Waals surface area contributed by atoms with E-state index in [-0.39, 0.29) is 12.6 Å². The maximum absolute atomic E-state index is 10.6. The van der Waals surface area contributed by atoms with Crippen molar-refractivity contribution in [3.8, 4) is 0 Å². The van der Waals surface area contributed by atoms with Gasteiger partial charge < -0.3 is 21.3 Å². The first kappa shape index (κ1) is 9.70. The highest BCUT2D eigenvalue weighted by Gasteiger charge is 2.13. The lowest BCUT2D eigenvalue weighted by Gasteiger charge is -2.03. The Bertz CT molecular complexity index is 164. The fraction of sp³-hybridized carbons (Fsp3) is 0.600. The second-order valence-corrected chi connectivity index (χ2v) is 1.68. The van der Waals surface area contributed by atoms with Crippen LogP contribution in [0.1, 0.15) is 6.92 Å². The lowest BCUT2D eigenvalue weighted by Crippen LogP contribution is -2.29. The van der Waals surface area contributed by atoms with E-state index < -0.39 is 12.2 Å². The zero-order valence-corrected chi connectivity index (χ0v) is 6.15. The Morgan fingerprint density at radius 1 is 1.73 bits per heavy atom. The van der Waals surface area contributed by atoms with Gasteiger partial charge in [-0.2, -0.15) is 0 Å². The molecule has 1 atom stereocenters. The number of aliphatic hydroxyl groups is 1. The van der Waals surface area contributed by atoms with Gasteiger partial charge in [0.25, 0.3) is 0 Å². The van der Waals surface area contributed by atoms with Crippen LogP contribution in [0.25, 0.3) is 0 Å². The smallest absolute Gasteiger partial charge is 0.358 e. The van der Waals surface area contributed by atoms with Gasteiger partial charge in [0, 0.05) is 0 Å². The monoisotopic (exact) mass is 161 g/mol. The van der Waals surface area contributed by atoms with Crippen molar-refractivity contribution in [3.05, 3.63) is 0 Å². The summed E-state index contributed by atoms with van der Waals surface area (Å²) in [7, 11) is 0. The van der Waals surface area contributed by atoms with Crippen LogP contribution in [0.5, 0.6) is 0 Å². The van der Waals surface area contributed by atoms with Gasteiger partial charge in [0.15, 0.2) is 5.96 Å². The van der Waals surface area contributed by atoms with E-state index >= 15 is 0 Å². The Labute approximate surface area is 63.8 Å². The number of aliphatic imine (C=N–C) groups is 1. The number of aliphatic hydroxyl groups excluding tert-OH is 1. The fourth-order valence-corrected chi connectivity index (χ4v) is 0.411. The summed E-state index contributed by atoms with van der Waals surface area (Å²) in [6.07, 6.45) is -1.61. The third-order valence-corrected chi connectivity index (χ3v) is 0.769. The summed E-state index contributed by atoms with van der Waals surface area (Å²) >= 11 is 0. The minimum absolute atomic E-state index is 0.176. The molecule has 0 spiro atoms. The van der Waals surface area contributed by atoms with Crippen molar-refractivity contribution in [1.82, 2.24) is 0 Å². The van der Waals surface area contributed by atoms with Crippen molar-refractivity contribution in [1.29, 1.82) is 0 Å². The molecule has 5 N–H and O–H groups in total. The number of ether oxygens (including phenoxy) is 1. The lowest BCUT2D eigenvalue weighted by molar-refractivity contribution is -0.152. The van der Waals surface area contributed by atoms with Crippen molar-refractivity contribution < 1.29 is 14.6 Å². The number of nitrogens with zero attached hydrogens (tertiary/aromatic N) is 1. The lowest BCUT2D eigenvalue weighted by atomic mass is 10.6. The second kappa shape index (κ2) is 4.51. The van der Waals surface area contributed by atoms with Crippen molar-refractivity contribution in [2.45, 2.75) is 13.2 Å². The van der Waals surface area contributed by atoms with Crippen molar-refractivity contribution in [2.75, 3.05) is 6.61 Å². The van der Waals surface area contributed by atoms with Gasteiger partial charge in [0.1, 0.15) is 0 Å². The number of hydrogen-bond acceptors (Lipinski definition) is 4. The van der Waals surface area contributed by atoms with Gasteiger partial charge >= 0.3 is 5.97 Å². The van der Waals surface area contributed by atoms with E-state index in [1.165, 1.54) is 0 Å². The van der Waals surface area contributed by atoms with Crippen molar-refractivity contribution in [2.24, 2.45) is 16.5 Å². The SMILES string of the molecule is CCOC(=O)C(O)N=C(N)N. The summed E-state index contributed by atoms with van der Waals surface area (Å²) in [5.74, 6) is -1.22. The first-order chi connectivity index (χ1) is 5.07. The van der Waals surface area contributed by atoms with Crippen LogP contribution in [0.2, 0.25) is 0 Å². The first-order valence-electron chi connectivity index (χ1n) is 3.01. The average molecular weight is 161 g/mol. The maximum atomic E-state index is 10.6. The van der Waals surface area contributed by atoms with Gasteiger partial charge in [-0.3, -0.25) is 0 Å². The van der Waals surface area contributed by atoms with E-state index in [0.29, 0.717) is 0 Å². The molecule has 0 saturated heterocycles. The largest absolute Gasteiger partial charge is 0.463 e. The van der Waals surface area contributed by atoms with E-state index in [9.17, 15) is 4.79 Å². The Hall–Kier alpha value is -1.30.